The second-order valence-electron chi connectivity index (χ2n) is 8.86. The summed E-state index contributed by atoms with van der Waals surface area (Å²) in [5, 5.41) is 12.8. The molecule has 1 fully saturated rings. The van der Waals surface area contributed by atoms with Crippen LogP contribution in [-0.2, 0) is 11.0 Å². The number of aryl methyl sites for hydroxylation is 1. The average Bonchev–Trinajstić information content (AvgIpc) is 3.24. The number of aromatic nitrogens is 4. The summed E-state index contributed by atoms with van der Waals surface area (Å²) in [6.45, 7) is 3.55. The maximum absolute atomic E-state index is 13.6. The Morgan fingerprint density at radius 1 is 1.22 bits per heavy atom. The number of carbonyl (C=O) groups is 1. The zero-order chi connectivity index (χ0) is 26.0. The van der Waals surface area contributed by atoms with E-state index in [9.17, 15) is 31.9 Å². The summed E-state index contributed by atoms with van der Waals surface area (Å²) in [5.41, 5.74) is 1.10. The molecule has 5 rings (SSSR count). The Morgan fingerprint density at radius 2 is 1.94 bits per heavy atom. The number of hydrogen-bond acceptors (Lipinski definition) is 5. The van der Waals surface area contributed by atoms with E-state index in [4.69, 9.17) is 0 Å². The van der Waals surface area contributed by atoms with Gasteiger partial charge in [-0.1, -0.05) is 6.92 Å². The maximum Gasteiger partial charge on any atom is 0.434 e. The molecule has 4 aromatic heterocycles. The van der Waals surface area contributed by atoms with E-state index >= 15 is 0 Å². The summed E-state index contributed by atoms with van der Waals surface area (Å²) >= 11 is 0. The molecule has 1 aliphatic carbocycles. The third kappa shape index (κ3) is 4.15. The summed E-state index contributed by atoms with van der Waals surface area (Å²) < 4.78 is 68.4. The molecule has 2 N–H and O–H groups in total. The number of amides is 1. The van der Waals surface area contributed by atoms with E-state index in [0.29, 0.717) is 34.2 Å². The summed E-state index contributed by atoms with van der Waals surface area (Å²) in [6.07, 6.45) is -1.96. The van der Waals surface area contributed by atoms with E-state index in [0.717, 1.165) is 6.20 Å². The number of aliphatic hydroxyl groups excluding tert-OH is 1. The largest absolute Gasteiger partial charge is 0.434 e. The fraction of sp³-hybridized carbons (Fsp3) is 0.333. The van der Waals surface area contributed by atoms with Gasteiger partial charge in [0.15, 0.2) is 5.69 Å². The molecule has 2 atom stereocenters. The smallest absolute Gasteiger partial charge is 0.387 e. The summed E-state index contributed by atoms with van der Waals surface area (Å²) in [6, 6.07) is 4.59. The van der Waals surface area contributed by atoms with Gasteiger partial charge >= 0.3 is 6.18 Å². The molecule has 12 heteroatoms. The van der Waals surface area contributed by atoms with E-state index in [1.807, 2.05) is 0 Å². The molecule has 1 aliphatic rings. The Bertz CT molecular complexity index is 1510. The van der Waals surface area contributed by atoms with Crippen molar-refractivity contribution in [1.82, 2.24) is 19.4 Å². The molecule has 188 valence electrons. The van der Waals surface area contributed by atoms with Crippen LogP contribution in [0.4, 0.5) is 27.8 Å². The van der Waals surface area contributed by atoms with E-state index in [2.05, 4.69) is 20.3 Å². The molecule has 4 aromatic rings. The normalized spacial score (nSPS) is 17.9. The molecule has 0 radical (unpaired) electrons. The molecular weight excluding hydrogens is 485 g/mol. The topological polar surface area (TPSA) is 92.4 Å². The van der Waals surface area contributed by atoms with Gasteiger partial charge in [0.05, 0.1) is 17.3 Å². The molecule has 1 unspecified atom stereocenters. The lowest BCUT2D eigenvalue weighted by molar-refractivity contribution is -0.140. The number of nitrogens with one attached hydrogen (secondary N) is 1. The van der Waals surface area contributed by atoms with E-state index in [1.165, 1.54) is 22.9 Å². The van der Waals surface area contributed by atoms with Crippen LogP contribution >= 0.6 is 0 Å². The van der Waals surface area contributed by atoms with Crippen LogP contribution in [0.5, 0.6) is 0 Å². The van der Waals surface area contributed by atoms with Crippen LogP contribution in [0.15, 0.2) is 36.8 Å². The van der Waals surface area contributed by atoms with Crippen LogP contribution in [0.1, 0.15) is 42.8 Å². The molecule has 4 heterocycles. The van der Waals surface area contributed by atoms with Gasteiger partial charge in [-0.15, -0.1) is 0 Å². The van der Waals surface area contributed by atoms with Crippen molar-refractivity contribution in [1.29, 1.82) is 0 Å². The molecule has 0 bridgehead atoms. The number of pyridine rings is 3. The third-order valence-electron chi connectivity index (χ3n) is 6.25. The molecule has 0 aromatic carbocycles. The fourth-order valence-electron chi connectivity index (χ4n) is 4.11. The van der Waals surface area contributed by atoms with Crippen LogP contribution in [0, 0.1) is 12.8 Å². The monoisotopic (exact) mass is 505 g/mol. The summed E-state index contributed by atoms with van der Waals surface area (Å²) in [4.78, 5) is 24.3. The quantitative estimate of drug-likeness (QED) is 0.359. The number of carbonyl (C=O) groups excluding carboxylic acids is 1. The first kappa shape index (κ1) is 24.0. The lowest BCUT2D eigenvalue weighted by atomic mass is 10.0. The molecule has 36 heavy (non-hydrogen) atoms. The van der Waals surface area contributed by atoms with Crippen molar-refractivity contribution >= 4 is 28.3 Å². The minimum absolute atomic E-state index is 0.0132. The zero-order valence-electron chi connectivity index (χ0n) is 19.1. The van der Waals surface area contributed by atoms with E-state index in [1.54, 1.807) is 26.0 Å². The van der Waals surface area contributed by atoms with Crippen molar-refractivity contribution in [2.24, 2.45) is 5.92 Å². The van der Waals surface area contributed by atoms with Crippen LogP contribution in [0.25, 0.3) is 27.7 Å². The first-order chi connectivity index (χ1) is 16.9. The SMILES string of the molecule is CC[C@@H](O)c1cc(C)c(-c2cc3cnc(NC(=O)C4CC4(F)F)cc3n3cc(C(F)(F)F)nc23)cn1. The lowest BCUT2D eigenvalue weighted by Crippen LogP contribution is -2.18. The number of anilines is 1. The molecule has 7 nitrogen and oxygen atoms in total. The van der Waals surface area contributed by atoms with Crippen molar-refractivity contribution in [3.8, 4) is 11.1 Å². The molecule has 1 saturated carbocycles. The lowest BCUT2D eigenvalue weighted by Gasteiger charge is -2.14. The Kier molecular flexibility index (Phi) is 5.47. The number of hydrogen-bond donors (Lipinski definition) is 2. The van der Waals surface area contributed by atoms with Crippen molar-refractivity contribution < 1.29 is 31.9 Å². The standard InChI is InChI=1S/C24H20F5N5O2/c1-3-18(35)16-4-11(2)14(9-30-16)13-5-12-8-31-20(33-22(36)15-7-23(15,25)26)6-17(12)34-10-19(24(27,28)29)32-21(13)34/h4-6,8-10,15,18,35H,3,7H2,1-2H3,(H,31,33,36)/t15?,18-/m1/s1. The Balaban J connectivity index is 1.66. The minimum atomic E-state index is -4.72. The van der Waals surface area contributed by atoms with Crippen molar-refractivity contribution in [2.45, 2.75) is 44.9 Å². The first-order valence-electron chi connectivity index (χ1n) is 11.1. The van der Waals surface area contributed by atoms with Crippen molar-refractivity contribution in [3.05, 3.63) is 53.7 Å². The van der Waals surface area contributed by atoms with Gasteiger partial charge < -0.3 is 10.4 Å². The van der Waals surface area contributed by atoms with Crippen LogP contribution in [0.2, 0.25) is 0 Å². The Hall–Kier alpha value is -3.67. The van der Waals surface area contributed by atoms with Gasteiger partial charge in [0.2, 0.25) is 5.91 Å². The Labute approximate surface area is 201 Å². The number of alkyl halides is 5. The molecule has 0 saturated heterocycles. The zero-order valence-corrected chi connectivity index (χ0v) is 19.1. The van der Waals surface area contributed by atoms with Gasteiger partial charge in [0.25, 0.3) is 5.92 Å². The highest BCUT2D eigenvalue weighted by atomic mass is 19.4. The van der Waals surface area contributed by atoms with Gasteiger partial charge in [0.1, 0.15) is 17.4 Å². The number of halogens is 5. The predicted molar refractivity (Wildman–Crippen MR) is 120 cm³/mol. The van der Waals surface area contributed by atoms with Gasteiger partial charge in [-0.05, 0) is 31.0 Å². The van der Waals surface area contributed by atoms with Crippen LogP contribution in [-0.4, -0.2) is 36.3 Å². The van der Waals surface area contributed by atoms with E-state index < -0.39 is 42.1 Å². The number of aliphatic hydroxyl groups is 1. The molecule has 0 spiro atoms. The Morgan fingerprint density at radius 3 is 2.56 bits per heavy atom. The van der Waals surface area contributed by atoms with Gasteiger partial charge in [0, 0.05) is 47.6 Å². The number of imidazole rings is 1. The first-order valence-corrected chi connectivity index (χ1v) is 11.1. The second-order valence-corrected chi connectivity index (χ2v) is 8.86. The van der Waals surface area contributed by atoms with Gasteiger partial charge in [-0.2, -0.15) is 13.2 Å². The van der Waals surface area contributed by atoms with Gasteiger partial charge in [-0.3, -0.25) is 14.2 Å². The predicted octanol–water partition coefficient (Wildman–Crippen LogP) is 5.31. The summed E-state index contributed by atoms with van der Waals surface area (Å²) in [7, 11) is 0. The second kappa shape index (κ2) is 8.19. The van der Waals surface area contributed by atoms with Crippen molar-refractivity contribution in [3.63, 3.8) is 0 Å². The molecule has 0 aliphatic heterocycles. The van der Waals surface area contributed by atoms with Crippen LogP contribution < -0.4 is 5.32 Å². The highest BCUT2D eigenvalue weighted by molar-refractivity contribution is 5.97. The maximum atomic E-state index is 13.6. The third-order valence-corrected chi connectivity index (χ3v) is 6.25. The van der Waals surface area contributed by atoms with Crippen LogP contribution in [0.3, 0.4) is 0 Å². The van der Waals surface area contributed by atoms with E-state index in [-0.39, 0.29) is 17.0 Å². The highest BCUT2D eigenvalue weighted by Gasteiger charge is 2.61. The minimum Gasteiger partial charge on any atom is -0.387 e. The van der Waals surface area contributed by atoms with Crippen molar-refractivity contribution in [2.75, 3.05) is 5.32 Å². The van der Waals surface area contributed by atoms with Gasteiger partial charge in [-0.25, -0.2) is 18.7 Å². The number of nitrogens with zero attached hydrogens (tertiary/aromatic N) is 4. The molecule has 1 amide bonds. The number of rotatable bonds is 5. The molecular formula is C24H20F5N5O2. The average molecular weight is 505 g/mol. The fourth-order valence-corrected chi connectivity index (χ4v) is 4.11. The highest BCUT2D eigenvalue weighted by Crippen LogP contribution is 2.49. The summed E-state index contributed by atoms with van der Waals surface area (Å²) in [5.74, 6) is -5.49. The number of fused-ring (bicyclic) bond motifs is 3.